The largest absolute Gasteiger partial charge is 0.481 e. The van der Waals surface area contributed by atoms with E-state index in [1.54, 1.807) is 0 Å². The van der Waals surface area contributed by atoms with E-state index in [4.69, 9.17) is 5.11 Å². The summed E-state index contributed by atoms with van der Waals surface area (Å²) >= 11 is 1.50. The van der Waals surface area contributed by atoms with Crippen molar-refractivity contribution in [2.45, 2.75) is 43.3 Å². The summed E-state index contributed by atoms with van der Waals surface area (Å²) in [6, 6.07) is 0. The average molecular weight is 270 g/mol. The molecule has 0 heterocycles. The summed E-state index contributed by atoms with van der Waals surface area (Å²) in [6.45, 7) is 0. The van der Waals surface area contributed by atoms with Gasteiger partial charge < -0.3 is 10.2 Å². The first kappa shape index (κ1) is 12.3. The smallest absolute Gasteiger partial charge is 0.313 e. The van der Waals surface area contributed by atoms with Crippen molar-refractivity contribution in [3.63, 3.8) is 0 Å². The fraction of sp³-hybridized carbons (Fsp3) is 0.846. The molecule has 18 heavy (non-hydrogen) atoms. The molecular formula is C13H18O4S. The number of thioether (sulfide) groups is 1. The molecular weight excluding hydrogens is 252 g/mol. The van der Waals surface area contributed by atoms with Gasteiger partial charge in [0, 0.05) is 4.75 Å². The number of hydrogen-bond acceptors (Lipinski definition) is 3. The van der Waals surface area contributed by atoms with Crippen LogP contribution >= 0.6 is 11.8 Å². The van der Waals surface area contributed by atoms with Gasteiger partial charge in [-0.1, -0.05) is 0 Å². The molecule has 0 radical (unpaired) electrons. The lowest BCUT2D eigenvalue weighted by molar-refractivity contribution is -0.162. The molecule has 4 saturated carbocycles. The Kier molecular flexibility index (Phi) is 2.66. The SMILES string of the molecule is O=C(O)CSC12C[C@H]3C[C@@H](C1)CC(C(=O)O)(C3)C2. The first-order chi connectivity index (χ1) is 8.43. The van der Waals surface area contributed by atoms with Crippen LogP contribution in [0.4, 0.5) is 0 Å². The second kappa shape index (κ2) is 3.89. The van der Waals surface area contributed by atoms with Crippen molar-refractivity contribution in [2.75, 3.05) is 5.75 Å². The molecule has 100 valence electrons. The highest BCUT2D eigenvalue weighted by Gasteiger charge is 2.61. The average Bonchev–Trinajstić information content (AvgIpc) is 2.24. The summed E-state index contributed by atoms with van der Waals surface area (Å²) in [7, 11) is 0. The van der Waals surface area contributed by atoms with Crippen molar-refractivity contribution in [3.05, 3.63) is 0 Å². The Hall–Kier alpha value is -0.710. The third-order valence-corrected chi connectivity index (χ3v) is 6.44. The summed E-state index contributed by atoms with van der Waals surface area (Å²) in [5, 5.41) is 18.4. The third kappa shape index (κ3) is 1.83. The summed E-state index contributed by atoms with van der Waals surface area (Å²) in [4.78, 5) is 22.4. The van der Waals surface area contributed by atoms with Crippen molar-refractivity contribution in [3.8, 4) is 0 Å². The minimum atomic E-state index is -0.792. The Morgan fingerprint density at radius 1 is 1.11 bits per heavy atom. The van der Waals surface area contributed by atoms with E-state index in [0.717, 1.165) is 32.1 Å². The van der Waals surface area contributed by atoms with Gasteiger partial charge in [-0.25, -0.2) is 0 Å². The summed E-state index contributed by atoms with van der Waals surface area (Å²) < 4.78 is -0.0686. The fourth-order valence-corrected chi connectivity index (χ4v) is 6.33. The molecule has 4 nitrogen and oxygen atoms in total. The van der Waals surface area contributed by atoms with E-state index in [-0.39, 0.29) is 10.5 Å². The second-order valence-corrected chi connectivity index (χ2v) is 7.86. The van der Waals surface area contributed by atoms with Gasteiger partial charge in [0.2, 0.25) is 0 Å². The molecule has 0 saturated heterocycles. The lowest BCUT2D eigenvalue weighted by Crippen LogP contribution is -2.57. The predicted molar refractivity (Wildman–Crippen MR) is 67.6 cm³/mol. The minimum absolute atomic E-state index is 0.0686. The van der Waals surface area contributed by atoms with E-state index in [1.807, 2.05) is 0 Å². The topological polar surface area (TPSA) is 74.6 Å². The Balaban J connectivity index is 1.85. The highest BCUT2D eigenvalue weighted by molar-refractivity contribution is 8.01. The summed E-state index contributed by atoms with van der Waals surface area (Å²) in [6.07, 6.45) is 5.51. The van der Waals surface area contributed by atoms with Crippen LogP contribution in [0.15, 0.2) is 0 Å². The van der Waals surface area contributed by atoms with E-state index in [2.05, 4.69) is 0 Å². The maximum absolute atomic E-state index is 11.6. The van der Waals surface area contributed by atoms with Crippen LogP contribution < -0.4 is 0 Å². The van der Waals surface area contributed by atoms with Gasteiger partial charge in [0.1, 0.15) is 0 Å². The normalized spacial score (nSPS) is 45.1. The zero-order chi connectivity index (χ0) is 13.0. The molecule has 4 fully saturated rings. The fourth-order valence-electron chi connectivity index (χ4n) is 4.81. The van der Waals surface area contributed by atoms with Crippen LogP contribution in [0.5, 0.6) is 0 Å². The minimum Gasteiger partial charge on any atom is -0.481 e. The number of aliphatic carboxylic acids is 2. The van der Waals surface area contributed by atoms with E-state index >= 15 is 0 Å². The molecule has 0 aromatic heterocycles. The number of carbonyl (C=O) groups is 2. The van der Waals surface area contributed by atoms with Gasteiger partial charge in [0.15, 0.2) is 0 Å². The first-order valence-electron chi connectivity index (χ1n) is 6.52. The third-order valence-electron chi connectivity index (χ3n) is 4.96. The molecule has 4 aliphatic rings. The van der Waals surface area contributed by atoms with Crippen LogP contribution in [0, 0.1) is 17.3 Å². The van der Waals surface area contributed by atoms with Crippen molar-refractivity contribution in [2.24, 2.45) is 17.3 Å². The van der Waals surface area contributed by atoms with Gasteiger partial charge in [-0.05, 0) is 50.4 Å². The van der Waals surface area contributed by atoms with Gasteiger partial charge in [0.05, 0.1) is 11.2 Å². The Bertz CT molecular complexity index is 392. The monoisotopic (exact) mass is 270 g/mol. The maximum Gasteiger partial charge on any atom is 0.313 e. The van der Waals surface area contributed by atoms with Gasteiger partial charge >= 0.3 is 11.9 Å². The van der Waals surface area contributed by atoms with E-state index in [9.17, 15) is 14.7 Å². The standard InChI is InChI=1S/C13H18O4S/c14-10(15)6-18-13-4-8-1-9(5-13)3-12(2-8,7-13)11(16)17/h8-9H,1-7H2,(H,14,15)(H,16,17)/t8-,9+,12?,13?. The van der Waals surface area contributed by atoms with Crippen LogP contribution in [0.3, 0.4) is 0 Å². The lowest BCUT2D eigenvalue weighted by atomic mass is 9.49. The molecule has 0 aromatic carbocycles. The summed E-state index contributed by atoms with van der Waals surface area (Å²) in [5.74, 6) is -0.334. The molecule has 4 rings (SSSR count). The van der Waals surface area contributed by atoms with Crippen LogP contribution in [0.25, 0.3) is 0 Å². The summed E-state index contributed by atoms with van der Waals surface area (Å²) in [5.41, 5.74) is -0.546. The van der Waals surface area contributed by atoms with E-state index in [0.29, 0.717) is 18.3 Å². The molecule has 2 N–H and O–H groups in total. The zero-order valence-electron chi connectivity index (χ0n) is 10.2. The molecule has 4 bridgehead atoms. The van der Waals surface area contributed by atoms with E-state index < -0.39 is 17.4 Å². The van der Waals surface area contributed by atoms with Crippen molar-refractivity contribution in [1.82, 2.24) is 0 Å². The van der Waals surface area contributed by atoms with Crippen LogP contribution in [-0.2, 0) is 9.59 Å². The molecule has 2 unspecified atom stereocenters. The van der Waals surface area contributed by atoms with Crippen LogP contribution in [0.1, 0.15) is 38.5 Å². The molecule has 4 atom stereocenters. The number of carboxylic acid groups (broad SMARTS) is 2. The highest BCUT2D eigenvalue weighted by Crippen LogP contribution is 2.65. The van der Waals surface area contributed by atoms with Gasteiger partial charge in [0.25, 0.3) is 0 Å². The van der Waals surface area contributed by atoms with Gasteiger partial charge in [-0.15, -0.1) is 11.8 Å². The second-order valence-electron chi connectivity index (χ2n) is 6.41. The quantitative estimate of drug-likeness (QED) is 0.819. The molecule has 0 aromatic rings. The maximum atomic E-state index is 11.6. The number of carboxylic acids is 2. The number of rotatable bonds is 4. The molecule has 4 aliphatic carbocycles. The zero-order valence-corrected chi connectivity index (χ0v) is 11.0. The van der Waals surface area contributed by atoms with Gasteiger partial charge in [-0.2, -0.15) is 0 Å². The van der Waals surface area contributed by atoms with Crippen molar-refractivity contribution in [1.29, 1.82) is 0 Å². The Labute approximate surface area is 110 Å². The first-order valence-corrected chi connectivity index (χ1v) is 7.51. The van der Waals surface area contributed by atoms with Crippen LogP contribution in [-0.4, -0.2) is 32.7 Å². The van der Waals surface area contributed by atoms with Gasteiger partial charge in [-0.3, -0.25) is 9.59 Å². The predicted octanol–water partition coefficient (Wildman–Crippen LogP) is 2.23. The molecule has 0 amide bonds. The number of hydrogen-bond donors (Lipinski definition) is 2. The van der Waals surface area contributed by atoms with Crippen LogP contribution in [0.2, 0.25) is 0 Å². The molecule has 5 heteroatoms. The van der Waals surface area contributed by atoms with Crippen molar-refractivity contribution < 1.29 is 19.8 Å². The van der Waals surface area contributed by atoms with Crippen molar-refractivity contribution >= 4 is 23.7 Å². The Morgan fingerprint density at radius 3 is 2.22 bits per heavy atom. The highest BCUT2D eigenvalue weighted by atomic mass is 32.2. The molecule has 0 spiro atoms. The van der Waals surface area contributed by atoms with E-state index in [1.165, 1.54) is 11.8 Å². The lowest BCUT2D eigenvalue weighted by Gasteiger charge is -2.60. The molecule has 0 aliphatic heterocycles. The Morgan fingerprint density at radius 2 is 1.72 bits per heavy atom.